The van der Waals surface area contributed by atoms with E-state index in [0.29, 0.717) is 30.3 Å². The molecule has 0 spiro atoms. The Kier molecular flexibility index (Phi) is 7.89. The van der Waals surface area contributed by atoms with Crippen LogP contribution < -0.4 is 19.5 Å². The largest absolute Gasteiger partial charge is 0.496 e. The standard InChI is InChI=1S/C20H25O5P/c1-5-14-25-26(16-12-10-15(11-13-16)24-6-2)20(21)19-17(22-3)8-7-9-18(19)23-4/h7-13H,5-6,14H2,1-4H3. The minimum absolute atomic E-state index is 0.132. The lowest BCUT2D eigenvalue weighted by molar-refractivity contribution is 0.106. The van der Waals surface area contributed by atoms with Crippen LogP contribution in [0.25, 0.3) is 0 Å². The summed E-state index contributed by atoms with van der Waals surface area (Å²) in [5, 5.41) is 0.829. The lowest BCUT2D eigenvalue weighted by atomic mass is 10.2. The van der Waals surface area contributed by atoms with E-state index in [9.17, 15) is 4.79 Å². The highest BCUT2D eigenvalue weighted by Crippen LogP contribution is 2.45. The van der Waals surface area contributed by atoms with Gasteiger partial charge in [0, 0.05) is 5.30 Å². The summed E-state index contributed by atoms with van der Waals surface area (Å²) in [7, 11) is 1.56. The fourth-order valence-electron chi connectivity index (χ4n) is 2.44. The van der Waals surface area contributed by atoms with Gasteiger partial charge in [-0.3, -0.25) is 4.79 Å². The molecule has 0 aliphatic rings. The Labute approximate surface area is 156 Å². The van der Waals surface area contributed by atoms with E-state index >= 15 is 0 Å². The van der Waals surface area contributed by atoms with Gasteiger partial charge in [0.2, 0.25) is 5.52 Å². The second-order valence-corrected chi connectivity index (χ2v) is 7.17. The highest BCUT2D eigenvalue weighted by Gasteiger charge is 2.29. The molecule has 0 aromatic heterocycles. The third-order valence-corrected chi connectivity index (χ3v) is 5.43. The maximum atomic E-state index is 13.3. The molecule has 6 heteroatoms. The number of methoxy groups -OCH3 is 2. The van der Waals surface area contributed by atoms with E-state index in [1.165, 1.54) is 14.2 Å². The van der Waals surface area contributed by atoms with Crippen LogP contribution >= 0.6 is 8.15 Å². The van der Waals surface area contributed by atoms with Gasteiger partial charge >= 0.3 is 0 Å². The summed E-state index contributed by atoms with van der Waals surface area (Å²) in [5.41, 5.74) is 0.278. The molecule has 0 bridgehead atoms. The van der Waals surface area contributed by atoms with Crippen LogP contribution in [0.1, 0.15) is 30.6 Å². The molecule has 0 aliphatic carbocycles. The Bertz CT molecular complexity index is 692. The first-order valence-corrected chi connectivity index (χ1v) is 9.83. The van der Waals surface area contributed by atoms with Crippen LogP contribution in [0.3, 0.4) is 0 Å². The average molecular weight is 376 g/mol. The third kappa shape index (κ3) is 4.75. The van der Waals surface area contributed by atoms with Crippen LogP contribution in [0.2, 0.25) is 0 Å². The van der Waals surface area contributed by atoms with Crippen molar-refractivity contribution in [1.29, 1.82) is 0 Å². The molecule has 1 unspecified atom stereocenters. The minimum Gasteiger partial charge on any atom is -0.496 e. The zero-order chi connectivity index (χ0) is 18.9. The molecule has 0 amide bonds. The van der Waals surface area contributed by atoms with Crippen LogP contribution in [0.5, 0.6) is 17.2 Å². The van der Waals surface area contributed by atoms with Crippen LogP contribution in [-0.2, 0) is 4.52 Å². The summed E-state index contributed by atoms with van der Waals surface area (Å²) in [6.07, 6.45) is 0.826. The Morgan fingerprint density at radius 2 is 1.58 bits per heavy atom. The summed E-state index contributed by atoms with van der Waals surface area (Å²) in [4.78, 5) is 13.3. The van der Waals surface area contributed by atoms with Crippen LogP contribution in [0, 0.1) is 0 Å². The van der Waals surface area contributed by atoms with E-state index < -0.39 is 8.15 Å². The topological polar surface area (TPSA) is 54.0 Å². The predicted octanol–water partition coefficient (Wildman–Crippen LogP) is 4.39. The number of carbonyl (C=O) groups is 1. The highest BCUT2D eigenvalue weighted by molar-refractivity contribution is 7.78. The zero-order valence-corrected chi connectivity index (χ0v) is 16.5. The van der Waals surface area contributed by atoms with Crippen LogP contribution in [-0.4, -0.2) is 33.0 Å². The summed E-state index contributed by atoms with van der Waals surface area (Å²) in [5.74, 6) is 1.73. The fourth-order valence-corrected chi connectivity index (χ4v) is 4.15. The first kappa shape index (κ1) is 20.2. The number of hydrogen-bond acceptors (Lipinski definition) is 5. The molecule has 0 saturated heterocycles. The molecule has 1 atom stereocenters. The Hall–Kier alpha value is -2.10. The molecule has 0 saturated carbocycles. The smallest absolute Gasteiger partial charge is 0.223 e. The summed E-state index contributed by atoms with van der Waals surface area (Å²) in [6, 6.07) is 12.8. The Morgan fingerprint density at radius 1 is 0.962 bits per heavy atom. The van der Waals surface area contributed by atoms with Crippen molar-refractivity contribution in [3.8, 4) is 17.2 Å². The van der Waals surface area contributed by atoms with Crippen molar-refractivity contribution in [3.05, 3.63) is 48.0 Å². The van der Waals surface area contributed by atoms with Gasteiger partial charge in [0.25, 0.3) is 0 Å². The molecule has 2 aromatic carbocycles. The monoisotopic (exact) mass is 376 g/mol. The molecule has 2 aromatic rings. The minimum atomic E-state index is -1.52. The van der Waals surface area contributed by atoms with E-state index in [1.807, 2.05) is 38.1 Å². The number of rotatable bonds is 10. The van der Waals surface area contributed by atoms with E-state index in [2.05, 4.69) is 0 Å². The van der Waals surface area contributed by atoms with Gasteiger partial charge < -0.3 is 18.7 Å². The molecular weight excluding hydrogens is 351 g/mol. The number of carbonyl (C=O) groups excluding carboxylic acids is 1. The molecule has 0 heterocycles. The number of ether oxygens (including phenoxy) is 3. The molecular formula is C20H25O5P. The van der Waals surface area contributed by atoms with Crippen LogP contribution in [0.4, 0.5) is 0 Å². The average Bonchev–Trinajstić information content (AvgIpc) is 2.68. The van der Waals surface area contributed by atoms with Gasteiger partial charge in [-0.05, 0) is 49.7 Å². The Morgan fingerprint density at radius 3 is 2.08 bits per heavy atom. The van der Waals surface area contributed by atoms with E-state index in [-0.39, 0.29) is 5.52 Å². The maximum Gasteiger partial charge on any atom is 0.223 e. The first-order valence-electron chi connectivity index (χ1n) is 8.57. The van der Waals surface area contributed by atoms with Crippen molar-refractivity contribution < 1.29 is 23.5 Å². The SMILES string of the molecule is CCCOP(C(=O)c1c(OC)cccc1OC)c1ccc(OCC)cc1. The second-order valence-electron chi connectivity index (χ2n) is 5.40. The molecule has 0 aliphatic heterocycles. The second kappa shape index (κ2) is 10.1. The van der Waals surface area contributed by atoms with Crippen molar-refractivity contribution in [2.75, 3.05) is 27.4 Å². The lowest BCUT2D eigenvalue weighted by Crippen LogP contribution is -2.14. The molecule has 2 rings (SSSR count). The van der Waals surface area contributed by atoms with Crippen molar-refractivity contribution in [1.82, 2.24) is 0 Å². The first-order chi connectivity index (χ1) is 12.7. The molecule has 0 radical (unpaired) electrons. The molecule has 26 heavy (non-hydrogen) atoms. The normalized spacial score (nSPS) is 11.7. The van der Waals surface area contributed by atoms with Gasteiger partial charge in [0.1, 0.15) is 31.0 Å². The molecule has 5 nitrogen and oxygen atoms in total. The molecule has 0 N–H and O–H groups in total. The molecule has 140 valence electrons. The lowest BCUT2D eigenvalue weighted by Gasteiger charge is -2.19. The van der Waals surface area contributed by atoms with Gasteiger partial charge in [-0.25, -0.2) is 0 Å². The van der Waals surface area contributed by atoms with Gasteiger partial charge in [-0.15, -0.1) is 0 Å². The van der Waals surface area contributed by atoms with Crippen molar-refractivity contribution >= 4 is 19.0 Å². The predicted molar refractivity (Wildman–Crippen MR) is 104 cm³/mol. The highest BCUT2D eigenvalue weighted by atomic mass is 31.1. The maximum absolute atomic E-state index is 13.3. The third-order valence-electron chi connectivity index (χ3n) is 3.63. The quantitative estimate of drug-likeness (QED) is 0.576. The van der Waals surface area contributed by atoms with Crippen molar-refractivity contribution in [2.24, 2.45) is 0 Å². The van der Waals surface area contributed by atoms with Crippen molar-refractivity contribution in [3.63, 3.8) is 0 Å². The van der Waals surface area contributed by atoms with E-state index in [0.717, 1.165) is 17.5 Å². The zero-order valence-electron chi connectivity index (χ0n) is 15.7. The van der Waals surface area contributed by atoms with Crippen molar-refractivity contribution in [2.45, 2.75) is 20.3 Å². The summed E-state index contributed by atoms with van der Waals surface area (Å²) in [6.45, 7) is 5.04. The molecule has 0 fully saturated rings. The summed E-state index contributed by atoms with van der Waals surface area (Å²) < 4.78 is 22.2. The van der Waals surface area contributed by atoms with Gasteiger partial charge in [-0.2, -0.15) is 0 Å². The van der Waals surface area contributed by atoms with Gasteiger partial charge in [0.15, 0.2) is 0 Å². The van der Waals surface area contributed by atoms with Gasteiger partial charge in [-0.1, -0.05) is 13.0 Å². The number of benzene rings is 2. The van der Waals surface area contributed by atoms with E-state index in [4.69, 9.17) is 18.7 Å². The van der Waals surface area contributed by atoms with E-state index in [1.54, 1.807) is 18.2 Å². The number of hydrogen-bond donors (Lipinski definition) is 0. The fraction of sp³-hybridized carbons (Fsp3) is 0.350. The summed E-state index contributed by atoms with van der Waals surface area (Å²) >= 11 is 0. The van der Waals surface area contributed by atoms with Gasteiger partial charge in [0.05, 0.1) is 27.4 Å². The van der Waals surface area contributed by atoms with Crippen LogP contribution in [0.15, 0.2) is 42.5 Å². The Balaban J connectivity index is 2.42.